The SMILES string of the molecule is COC1(CNCc2cc[nH]c2)CCC1. The molecule has 0 radical (unpaired) electrons. The maximum atomic E-state index is 5.52. The van der Waals surface area contributed by atoms with E-state index in [9.17, 15) is 0 Å². The number of ether oxygens (including phenoxy) is 1. The van der Waals surface area contributed by atoms with E-state index in [0.717, 1.165) is 13.1 Å². The molecule has 14 heavy (non-hydrogen) atoms. The van der Waals surface area contributed by atoms with E-state index in [1.165, 1.54) is 24.8 Å². The van der Waals surface area contributed by atoms with Crippen molar-refractivity contribution in [3.8, 4) is 0 Å². The molecule has 1 fully saturated rings. The first-order valence-electron chi connectivity index (χ1n) is 5.22. The van der Waals surface area contributed by atoms with Gasteiger partial charge in [-0.25, -0.2) is 0 Å². The molecule has 1 aromatic rings. The lowest BCUT2D eigenvalue weighted by molar-refractivity contribution is -0.0695. The summed E-state index contributed by atoms with van der Waals surface area (Å²) in [5.74, 6) is 0. The van der Waals surface area contributed by atoms with Gasteiger partial charge in [0.05, 0.1) is 5.60 Å². The Labute approximate surface area is 84.9 Å². The molecule has 3 nitrogen and oxygen atoms in total. The summed E-state index contributed by atoms with van der Waals surface area (Å²) in [4.78, 5) is 3.05. The Hall–Kier alpha value is -0.800. The van der Waals surface area contributed by atoms with Gasteiger partial charge in [-0.15, -0.1) is 0 Å². The Morgan fingerprint density at radius 2 is 2.43 bits per heavy atom. The second-order valence-corrected chi connectivity index (χ2v) is 4.06. The summed E-state index contributed by atoms with van der Waals surface area (Å²) in [6.45, 7) is 1.89. The van der Waals surface area contributed by atoms with Gasteiger partial charge in [0, 0.05) is 32.6 Å². The summed E-state index contributed by atoms with van der Waals surface area (Å²) >= 11 is 0. The van der Waals surface area contributed by atoms with E-state index < -0.39 is 0 Å². The summed E-state index contributed by atoms with van der Waals surface area (Å²) in [7, 11) is 1.82. The molecule has 1 heterocycles. The molecular formula is C11H18N2O. The fourth-order valence-corrected chi connectivity index (χ4v) is 1.93. The van der Waals surface area contributed by atoms with Gasteiger partial charge in [0.2, 0.25) is 0 Å². The zero-order chi connectivity index (χ0) is 9.86. The van der Waals surface area contributed by atoms with Crippen LogP contribution in [0.3, 0.4) is 0 Å². The molecule has 1 aliphatic carbocycles. The highest BCUT2D eigenvalue weighted by molar-refractivity contribution is 5.07. The molecular weight excluding hydrogens is 176 g/mol. The Kier molecular flexibility index (Phi) is 2.89. The van der Waals surface area contributed by atoms with Gasteiger partial charge in [0.1, 0.15) is 0 Å². The van der Waals surface area contributed by atoms with Gasteiger partial charge in [-0.05, 0) is 30.9 Å². The molecule has 1 aliphatic rings. The predicted octanol–water partition coefficient (Wildman–Crippen LogP) is 1.67. The highest BCUT2D eigenvalue weighted by Crippen LogP contribution is 2.34. The van der Waals surface area contributed by atoms with Crippen molar-refractivity contribution in [2.45, 2.75) is 31.4 Å². The number of hydrogen-bond donors (Lipinski definition) is 2. The molecule has 3 heteroatoms. The highest BCUT2D eigenvalue weighted by Gasteiger charge is 2.36. The molecule has 78 valence electrons. The number of hydrogen-bond acceptors (Lipinski definition) is 2. The Bertz CT molecular complexity index is 259. The van der Waals surface area contributed by atoms with Crippen LogP contribution in [0.15, 0.2) is 18.5 Å². The monoisotopic (exact) mass is 194 g/mol. The number of H-pyrrole nitrogens is 1. The maximum absolute atomic E-state index is 5.52. The van der Waals surface area contributed by atoms with Gasteiger partial charge in [0.15, 0.2) is 0 Å². The maximum Gasteiger partial charge on any atom is 0.0802 e. The average molecular weight is 194 g/mol. The van der Waals surface area contributed by atoms with E-state index in [1.54, 1.807) is 0 Å². The van der Waals surface area contributed by atoms with E-state index in [-0.39, 0.29) is 5.60 Å². The van der Waals surface area contributed by atoms with E-state index in [1.807, 2.05) is 19.5 Å². The summed E-state index contributed by atoms with van der Waals surface area (Å²) in [6, 6.07) is 2.09. The molecule has 0 aliphatic heterocycles. The molecule has 0 amide bonds. The molecule has 0 unspecified atom stereocenters. The molecule has 0 spiro atoms. The first-order valence-corrected chi connectivity index (χ1v) is 5.22. The average Bonchev–Trinajstić information content (AvgIpc) is 2.62. The lowest BCUT2D eigenvalue weighted by Crippen LogP contribution is -2.47. The Morgan fingerprint density at radius 3 is 2.93 bits per heavy atom. The molecule has 0 saturated heterocycles. The summed E-state index contributed by atoms with van der Waals surface area (Å²) < 4.78 is 5.52. The molecule has 2 N–H and O–H groups in total. The summed E-state index contributed by atoms with van der Waals surface area (Å²) in [5.41, 5.74) is 1.44. The van der Waals surface area contributed by atoms with Crippen LogP contribution in [0.1, 0.15) is 24.8 Å². The van der Waals surface area contributed by atoms with Crippen LogP contribution in [0.2, 0.25) is 0 Å². The second-order valence-electron chi connectivity index (χ2n) is 4.06. The molecule has 1 saturated carbocycles. The van der Waals surface area contributed by atoms with Crippen molar-refractivity contribution in [3.63, 3.8) is 0 Å². The number of aromatic nitrogens is 1. The molecule has 0 atom stereocenters. The van der Waals surface area contributed by atoms with Crippen LogP contribution >= 0.6 is 0 Å². The summed E-state index contributed by atoms with van der Waals surface area (Å²) in [6.07, 6.45) is 7.67. The Balaban J connectivity index is 1.72. The van der Waals surface area contributed by atoms with Crippen LogP contribution in [0, 0.1) is 0 Å². The number of methoxy groups -OCH3 is 1. The third kappa shape index (κ3) is 1.99. The van der Waals surface area contributed by atoms with E-state index >= 15 is 0 Å². The van der Waals surface area contributed by atoms with Gasteiger partial charge < -0.3 is 15.0 Å². The van der Waals surface area contributed by atoms with Crippen molar-refractivity contribution in [1.82, 2.24) is 10.3 Å². The van der Waals surface area contributed by atoms with Crippen molar-refractivity contribution >= 4 is 0 Å². The van der Waals surface area contributed by atoms with Gasteiger partial charge in [-0.2, -0.15) is 0 Å². The van der Waals surface area contributed by atoms with Crippen LogP contribution in [0.5, 0.6) is 0 Å². The van der Waals surface area contributed by atoms with Gasteiger partial charge >= 0.3 is 0 Å². The first-order chi connectivity index (χ1) is 6.85. The van der Waals surface area contributed by atoms with E-state index in [4.69, 9.17) is 4.74 Å². The topological polar surface area (TPSA) is 37.0 Å². The third-order valence-corrected chi connectivity index (χ3v) is 3.14. The predicted molar refractivity (Wildman–Crippen MR) is 56.1 cm³/mol. The minimum atomic E-state index is 0.135. The van der Waals surface area contributed by atoms with Crippen molar-refractivity contribution < 1.29 is 4.74 Å². The van der Waals surface area contributed by atoms with Crippen LogP contribution < -0.4 is 5.32 Å². The molecule has 0 bridgehead atoms. The van der Waals surface area contributed by atoms with Crippen LogP contribution in [0.4, 0.5) is 0 Å². The fourth-order valence-electron chi connectivity index (χ4n) is 1.93. The quantitative estimate of drug-likeness (QED) is 0.748. The zero-order valence-electron chi connectivity index (χ0n) is 8.68. The smallest absolute Gasteiger partial charge is 0.0802 e. The fraction of sp³-hybridized carbons (Fsp3) is 0.636. The van der Waals surface area contributed by atoms with E-state index in [2.05, 4.69) is 16.4 Å². The van der Waals surface area contributed by atoms with Crippen LogP contribution in [-0.2, 0) is 11.3 Å². The van der Waals surface area contributed by atoms with Crippen LogP contribution in [0.25, 0.3) is 0 Å². The lowest BCUT2D eigenvalue weighted by atomic mass is 9.80. The van der Waals surface area contributed by atoms with Crippen molar-refractivity contribution in [2.75, 3.05) is 13.7 Å². The number of nitrogens with one attached hydrogen (secondary N) is 2. The van der Waals surface area contributed by atoms with Crippen molar-refractivity contribution in [1.29, 1.82) is 0 Å². The molecule has 1 aromatic heterocycles. The second kappa shape index (κ2) is 4.15. The first kappa shape index (κ1) is 9.74. The molecule has 0 aromatic carbocycles. The van der Waals surface area contributed by atoms with Gasteiger partial charge in [-0.1, -0.05) is 0 Å². The van der Waals surface area contributed by atoms with Gasteiger partial charge in [0.25, 0.3) is 0 Å². The normalized spacial score (nSPS) is 19.2. The van der Waals surface area contributed by atoms with Crippen molar-refractivity contribution in [3.05, 3.63) is 24.0 Å². The lowest BCUT2D eigenvalue weighted by Gasteiger charge is -2.40. The van der Waals surface area contributed by atoms with E-state index in [0.29, 0.717) is 0 Å². The standard InChI is InChI=1S/C11H18N2O/c1-14-11(4-2-5-11)9-13-8-10-3-6-12-7-10/h3,6-7,12-13H,2,4-5,8-9H2,1H3. The zero-order valence-corrected chi connectivity index (χ0v) is 8.68. The molecule has 2 rings (SSSR count). The number of rotatable bonds is 5. The minimum absolute atomic E-state index is 0.135. The third-order valence-electron chi connectivity index (χ3n) is 3.14. The number of aromatic amines is 1. The van der Waals surface area contributed by atoms with Gasteiger partial charge in [-0.3, -0.25) is 0 Å². The minimum Gasteiger partial charge on any atom is -0.377 e. The largest absolute Gasteiger partial charge is 0.377 e. The van der Waals surface area contributed by atoms with Crippen LogP contribution in [-0.4, -0.2) is 24.2 Å². The summed E-state index contributed by atoms with van der Waals surface area (Å²) in [5, 5.41) is 3.44. The van der Waals surface area contributed by atoms with Crippen molar-refractivity contribution in [2.24, 2.45) is 0 Å². The Morgan fingerprint density at radius 1 is 1.57 bits per heavy atom. The highest BCUT2D eigenvalue weighted by atomic mass is 16.5.